The Balaban J connectivity index is 3.03. The molecule has 0 aliphatic rings. The minimum absolute atomic E-state index is 0.471. The van der Waals surface area contributed by atoms with E-state index in [1.54, 1.807) is 7.11 Å². The molecule has 0 radical (unpaired) electrons. The van der Waals surface area contributed by atoms with Crippen molar-refractivity contribution < 1.29 is 9.84 Å². The molecular formula is C11H17NO2. The van der Waals surface area contributed by atoms with Crippen LogP contribution in [0.4, 0.5) is 0 Å². The highest BCUT2D eigenvalue weighted by molar-refractivity contribution is 5.41. The highest BCUT2D eigenvalue weighted by Gasteiger charge is 2.14. The Morgan fingerprint density at radius 2 is 2.21 bits per heavy atom. The molecule has 0 aliphatic carbocycles. The van der Waals surface area contributed by atoms with E-state index in [0.717, 1.165) is 16.9 Å². The number of methoxy groups -OCH3 is 1. The zero-order valence-corrected chi connectivity index (χ0v) is 8.66. The number of rotatable bonds is 4. The average molecular weight is 195 g/mol. The molecule has 0 spiro atoms. The quantitative estimate of drug-likeness (QED) is 0.763. The molecule has 1 unspecified atom stereocenters. The third-order valence-corrected chi connectivity index (χ3v) is 2.28. The molecule has 0 saturated heterocycles. The highest BCUT2D eigenvalue weighted by Crippen LogP contribution is 2.29. The van der Waals surface area contributed by atoms with Crippen molar-refractivity contribution in [1.29, 1.82) is 0 Å². The third-order valence-electron chi connectivity index (χ3n) is 2.28. The number of ether oxygens (including phenoxy) is 1. The summed E-state index contributed by atoms with van der Waals surface area (Å²) in [6.45, 7) is 2.43. The van der Waals surface area contributed by atoms with Crippen LogP contribution in [0.2, 0.25) is 0 Å². The Kier molecular flexibility index (Phi) is 3.92. The van der Waals surface area contributed by atoms with E-state index in [2.05, 4.69) is 0 Å². The first-order valence-electron chi connectivity index (χ1n) is 4.72. The summed E-state index contributed by atoms with van der Waals surface area (Å²) in [7, 11) is 1.60. The summed E-state index contributed by atoms with van der Waals surface area (Å²) in [6.07, 6.45) is 0.0254. The number of aliphatic hydroxyl groups excluding tert-OH is 1. The van der Waals surface area contributed by atoms with Crippen LogP contribution in [0, 0.1) is 6.92 Å². The van der Waals surface area contributed by atoms with Crippen LogP contribution < -0.4 is 10.5 Å². The fraction of sp³-hybridized carbons (Fsp3) is 0.455. The van der Waals surface area contributed by atoms with Crippen molar-refractivity contribution >= 4 is 0 Å². The molecule has 0 amide bonds. The Bertz CT molecular complexity index is 299. The summed E-state index contributed by atoms with van der Waals surface area (Å²) in [4.78, 5) is 0. The van der Waals surface area contributed by atoms with Gasteiger partial charge in [-0.05, 0) is 31.5 Å². The fourth-order valence-corrected chi connectivity index (χ4v) is 1.56. The zero-order valence-electron chi connectivity index (χ0n) is 8.66. The van der Waals surface area contributed by atoms with Crippen LogP contribution in [0.1, 0.15) is 23.7 Å². The van der Waals surface area contributed by atoms with Gasteiger partial charge in [0.1, 0.15) is 5.75 Å². The number of aryl methyl sites for hydroxylation is 1. The van der Waals surface area contributed by atoms with Gasteiger partial charge in [-0.2, -0.15) is 0 Å². The summed E-state index contributed by atoms with van der Waals surface area (Å²) in [5.74, 6) is 0.728. The van der Waals surface area contributed by atoms with Gasteiger partial charge in [0.25, 0.3) is 0 Å². The van der Waals surface area contributed by atoms with Gasteiger partial charge >= 0.3 is 0 Å². The molecule has 1 aromatic carbocycles. The lowest BCUT2D eigenvalue weighted by Gasteiger charge is -2.16. The minimum Gasteiger partial charge on any atom is -0.496 e. The van der Waals surface area contributed by atoms with Crippen LogP contribution in [0.3, 0.4) is 0 Å². The first-order valence-corrected chi connectivity index (χ1v) is 4.72. The van der Waals surface area contributed by atoms with Gasteiger partial charge in [0.05, 0.1) is 13.2 Å². The van der Waals surface area contributed by atoms with E-state index in [1.807, 2.05) is 25.1 Å². The summed E-state index contributed by atoms with van der Waals surface area (Å²) >= 11 is 0. The molecule has 3 heteroatoms. The Morgan fingerprint density at radius 1 is 1.50 bits per heavy atom. The smallest absolute Gasteiger partial charge is 0.124 e. The van der Waals surface area contributed by atoms with E-state index < -0.39 is 6.10 Å². The maximum absolute atomic E-state index is 9.85. The van der Waals surface area contributed by atoms with Gasteiger partial charge < -0.3 is 15.6 Å². The molecule has 0 bridgehead atoms. The number of nitrogens with two attached hydrogens (primary N) is 1. The topological polar surface area (TPSA) is 55.5 Å². The monoisotopic (exact) mass is 195 g/mol. The molecule has 3 nitrogen and oxygen atoms in total. The first kappa shape index (κ1) is 11.0. The maximum Gasteiger partial charge on any atom is 0.124 e. The summed E-state index contributed by atoms with van der Waals surface area (Å²) in [5.41, 5.74) is 7.29. The zero-order chi connectivity index (χ0) is 10.6. The molecule has 1 rings (SSSR count). The molecule has 0 saturated carbocycles. The lowest BCUT2D eigenvalue weighted by atomic mass is 10.00. The molecule has 1 atom stereocenters. The van der Waals surface area contributed by atoms with Gasteiger partial charge in [-0.15, -0.1) is 0 Å². The standard InChI is InChI=1S/C11H17NO2/c1-8-4-3-5-10(14-2)11(8)9(13)6-7-12/h3-5,9,13H,6-7,12H2,1-2H3. The molecule has 0 aliphatic heterocycles. The van der Waals surface area contributed by atoms with Crippen LogP contribution in [-0.4, -0.2) is 18.8 Å². The van der Waals surface area contributed by atoms with Crippen LogP contribution in [-0.2, 0) is 0 Å². The Labute approximate surface area is 84.5 Å². The predicted molar refractivity (Wildman–Crippen MR) is 56.4 cm³/mol. The summed E-state index contributed by atoms with van der Waals surface area (Å²) < 4.78 is 5.19. The van der Waals surface area contributed by atoms with E-state index in [1.165, 1.54) is 0 Å². The van der Waals surface area contributed by atoms with Gasteiger partial charge in [-0.25, -0.2) is 0 Å². The molecule has 0 heterocycles. The second-order valence-corrected chi connectivity index (χ2v) is 3.28. The molecular weight excluding hydrogens is 178 g/mol. The average Bonchev–Trinajstić information content (AvgIpc) is 2.17. The van der Waals surface area contributed by atoms with Crippen molar-refractivity contribution in [3.63, 3.8) is 0 Å². The summed E-state index contributed by atoms with van der Waals surface area (Å²) in [5, 5.41) is 9.85. The molecule has 1 aromatic rings. The van der Waals surface area contributed by atoms with Crippen molar-refractivity contribution in [3.05, 3.63) is 29.3 Å². The minimum atomic E-state index is -0.531. The van der Waals surface area contributed by atoms with E-state index in [9.17, 15) is 5.11 Å². The lowest BCUT2D eigenvalue weighted by molar-refractivity contribution is 0.165. The van der Waals surface area contributed by atoms with Crippen LogP contribution in [0.5, 0.6) is 5.75 Å². The van der Waals surface area contributed by atoms with E-state index in [-0.39, 0.29) is 0 Å². The largest absolute Gasteiger partial charge is 0.496 e. The van der Waals surface area contributed by atoms with Crippen LogP contribution in [0.15, 0.2) is 18.2 Å². The van der Waals surface area contributed by atoms with Crippen LogP contribution >= 0.6 is 0 Å². The first-order chi connectivity index (χ1) is 6.70. The van der Waals surface area contributed by atoms with E-state index in [4.69, 9.17) is 10.5 Å². The highest BCUT2D eigenvalue weighted by atomic mass is 16.5. The SMILES string of the molecule is COc1cccc(C)c1C(O)CCN. The Hall–Kier alpha value is -1.06. The van der Waals surface area contributed by atoms with Crippen molar-refractivity contribution in [2.45, 2.75) is 19.4 Å². The van der Waals surface area contributed by atoms with Crippen molar-refractivity contribution in [2.75, 3.05) is 13.7 Å². The lowest BCUT2D eigenvalue weighted by Crippen LogP contribution is -2.09. The number of aliphatic hydroxyl groups is 1. The van der Waals surface area contributed by atoms with Gasteiger partial charge in [0, 0.05) is 5.56 Å². The van der Waals surface area contributed by atoms with Crippen molar-refractivity contribution in [3.8, 4) is 5.75 Å². The van der Waals surface area contributed by atoms with Gasteiger partial charge in [0.15, 0.2) is 0 Å². The fourth-order valence-electron chi connectivity index (χ4n) is 1.56. The molecule has 0 fully saturated rings. The Morgan fingerprint density at radius 3 is 2.79 bits per heavy atom. The summed E-state index contributed by atoms with van der Waals surface area (Å²) in [6, 6.07) is 5.71. The second kappa shape index (κ2) is 4.98. The molecule has 0 aromatic heterocycles. The third kappa shape index (κ3) is 2.25. The van der Waals surface area contributed by atoms with Gasteiger partial charge in [-0.1, -0.05) is 12.1 Å². The van der Waals surface area contributed by atoms with E-state index >= 15 is 0 Å². The second-order valence-electron chi connectivity index (χ2n) is 3.28. The predicted octanol–water partition coefficient (Wildman–Crippen LogP) is 1.39. The number of hydrogen-bond donors (Lipinski definition) is 2. The van der Waals surface area contributed by atoms with Crippen LogP contribution in [0.25, 0.3) is 0 Å². The maximum atomic E-state index is 9.85. The molecule has 3 N–H and O–H groups in total. The normalized spacial score (nSPS) is 12.6. The van der Waals surface area contributed by atoms with Gasteiger partial charge in [0.2, 0.25) is 0 Å². The van der Waals surface area contributed by atoms with Crippen molar-refractivity contribution in [2.24, 2.45) is 5.73 Å². The van der Waals surface area contributed by atoms with Crippen molar-refractivity contribution in [1.82, 2.24) is 0 Å². The molecule has 14 heavy (non-hydrogen) atoms. The number of hydrogen-bond acceptors (Lipinski definition) is 3. The number of benzene rings is 1. The van der Waals surface area contributed by atoms with E-state index in [0.29, 0.717) is 13.0 Å². The molecule has 78 valence electrons. The van der Waals surface area contributed by atoms with Gasteiger partial charge in [-0.3, -0.25) is 0 Å².